The first-order chi connectivity index (χ1) is 15.5. The SMILES string of the molecule is CCC[C@@H]1C[C@H](N(C)C(C)C)CC[C@@H]1N1CCC(NC(=O)c2cccc(C(F)(F)F)c2)C1=O. The minimum atomic E-state index is -4.52. The third-order valence-electron chi connectivity index (χ3n) is 7.36. The van der Waals surface area contributed by atoms with Crippen LogP contribution >= 0.6 is 0 Å². The lowest BCUT2D eigenvalue weighted by Crippen LogP contribution is -2.51. The number of hydrogen-bond donors (Lipinski definition) is 1. The zero-order valence-corrected chi connectivity index (χ0v) is 20.0. The van der Waals surface area contributed by atoms with E-state index < -0.39 is 23.7 Å². The second-order valence-electron chi connectivity index (χ2n) is 9.77. The number of carbonyl (C=O) groups excluding carboxylic acids is 2. The van der Waals surface area contributed by atoms with Crippen LogP contribution in [0.25, 0.3) is 0 Å². The van der Waals surface area contributed by atoms with Gasteiger partial charge < -0.3 is 15.1 Å². The maximum atomic E-state index is 13.2. The van der Waals surface area contributed by atoms with Crippen molar-refractivity contribution in [2.75, 3.05) is 13.6 Å². The van der Waals surface area contributed by atoms with Crippen LogP contribution in [0.2, 0.25) is 0 Å². The summed E-state index contributed by atoms with van der Waals surface area (Å²) in [6.45, 7) is 7.13. The number of carbonyl (C=O) groups is 2. The second kappa shape index (κ2) is 10.5. The van der Waals surface area contributed by atoms with E-state index >= 15 is 0 Å². The minimum Gasteiger partial charge on any atom is -0.340 e. The summed E-state index contributed by atoms with van der Waals surface area (Å²) in [6, 6.07) is 4.75. The van der Waals surface area contributed by atoms with Crippen molar-refractivity contribution in [3.63, 3.8) is 0 Å². The van der Waals surface area contributed by atoms with E-state index in [1.807, 2.05) is 4.90 Å². The Morgan fingerprint density at radius 2 is 1.97 bits per heavy atom. The number of hydrogen-bond acceptors (Lipinski definition) is 3. The zero-order chi connectivity index (χ0) is 24.3. The molecule has 1 heterocycles. The molecule has 0 radical (unpaired) electrons. The number of rotatable bonds is 7. The van der Waals surface area contributed by atoms with Crippen molar-refractivity contribution in [1.29, 1.82) is 0 Å². The molecule has 2 amide bonds. The van der Waals surface area contributed by atoms with Crippen LogP contribution in [0.5, 0.6) is 0 Å². The smallest absolute Gasteiger partial charge is 0.340 e. The van der Waals surface area contributed by atoms with Gasteiger partial charge in [-0.2, -0.15) is 13.2 Å². The van der Waals surface area contributed by atoms with Crippen LogP contribution in [0, 0.1) is 5.92 Å². The van der Waals surface area contributed by atoms with Crippen molar-refractivity contribution in [2.24, 2.45) is 5.92 Å². The molecule has 1 saturated carbocycles. The number of alkyl halides is 3. The molecule has 33 heavy (non-hydrogen) atoms. The number of nitrogens with zero attached hydrogens (tertiary/aromatic N) is 2. The molecule has 0 spiro atoms. The highest BCUT2D eigenvalue weighted by atomic mass is 19.4. The third kappa shape index (κ3) is 5.89. The van der Waals surface area contributed by atoms with E-state index in [4.69, 9.17) is 0 Å². The molecule has 1 unspecified atom stereocenters. The number of likely N-dealkylation sites (tertiary alicyclic amines) is 1. The van der Waals surface area contributed by atoms with Crippen LogP contribution in [0.3, 0.4) is 0 Å². The van der Waals surface area contributed by atoms with Crippen LogP contribution in [-0.2, 0) is 11.0 Å². The molecule has 1 aliphatic carbocycles. The van der Waals surface area contributed by atoms with Gasteiger partial charge in [0.25, 0.3) is 5.91 Å². The van der Waals surface area contributed by atoms with Gasteiger partial charge in [-0.15, -0.1) is 0 Å². The zero-order valence-electron chi connectivity index (χ0n) is 20.0. The van der Waals surface area contributed by atoms with Gasteiger partial charge in [0, 0.05) is 30.2 Å². The molecule has 1 N–H and O–H groups in total. The fourth-order valence-electron chi connectivity index (χ4n) is 5.35. The average Bonchev–Trinajstić information content (AvgIpc) is 3.12. The molecule has 1 aliphatic heterocycles. The molecular formula is C25H36F3N3O2. The summed E-state index contributed by atoms with van der Waals surface area (Å²) in [5, 5.41) is 2.68. The Kier molecular flexibility index (Phi) is 8.08. The van der Waals surface area contributed by atoms with Crippen LogP contribution in [0.1, 0.15) is 75.2 Å². The summed E-state index contributed by atoms with van der Waals surface area (Å²) in [6.07, 6.45) is 1.09. The van der Waals surface area contributed by atoms with Crippen LogP contribution in [0.4, 0.5) is 13.2 Å². The van der Waals surface area contributed by atoms with E-state index in [0.29, 0.717) is 31.0 Å². The van der Waals surface area contributed by atoms with Gasteiger partial charge in [-0.25, -0.2) is 0 Å². The van der Waals surface area contributed by atoms with Crippen LogP contribution in [-0.4, -0.2) is 59.4 Å². The largest absolute Gasteiger partial charge is 0.416 e. The summed E-state index contributed by atoms with van der Waals surface area (Å²) in [5.74, 6) is -0.345. The van der Waals surface area contributed by atoms with Gasteiger partial charge in [0.1, 0.15) is 6.04 Å². The minimum absolute atomic E-state index is 0.0860. The molecule has 3 rings (SSSR count). The van der Waals surface area contributed by atoms with Gasteiger partial charge in [0.05, 0.1) is 5.56 Å². The molecule has 8 heteroatoms. The lowest BCUT2D eigenvalue weighted by molar-refractivity contribution is -0.137. The maximum Gasteiger partial charge on any atom is 0.416 e. The topological polar surface area (TPSA) is 52.6 Å². The van der Waals surface area contributed by atoms with Gasteiger partial charge in [0.15, 0.2) is 0 Å². The van der Waals surface area contributed by atoms with E-state index in [-0.39, 0.29) is 17.5 Å². The van der Waals surface area contributed by atoms with E-state index in [1.165, 1.54) is 12.1 Å². The predicted molar refractivity (Wildman–Crippen MR) is 122 cm³/mol. The lowest BCUT2D eigenvalue weighted by Gasteiger charge is -2.44. The predicted octanol–water partition coefficient (Wildman–Crippen LogP) is 4.71. The number of halogens is 3. The monoisotopic (exact) mass is 467 g/mol. The van der Waals surface area contributed by atoms with Crippen molar-refractivity contribution in [1.82, 2.24) is 15.1 Å². The summed E-state index contributed by atoms with van der Waals surface area (Å²) >= 11 is 0. The Bertz CT molecular complexity index is 842. The summed E-state index contributed by atoms with van der Waals surface area (Å²) < 4.78 is 38.9. The molecule has 1 aromatic carbocycles. The Hall–Kier alpha value is -2.09. The Morgan fingerprint density at radius 1 is 1.24 bits per heavy atom. The summed E-state index contributed by atoms with van der Waals surface area (Å²) in [5.41, 5.74) is -0.961. The Labute approximate surface area is 194 Å². The molecule has 184 valence electrons. The fourth-order valence-corrected chi connectivity index (χ4v) is 5.35. The molecular weight excluding hydrogens is 431 g/mol. The van der Waals surface area contributed by atoms with Crippen LogP contribution < -0.4 is 5.32 Å². The Morgan fingerprint density at radius 3 is 2.61 bits per heavy atom. The standard InChI is InChI=1S/C25H36F3N3O2/c1-5-7-17-15-20(30(4)16(2)3)10-11-22(17)31-13-12-21(24(31)33)29-23(32)18-8-6-9-19(14-18)25(26,27)28/h6,8-9,14,16-17,20-22H,5,7,10-13,15H2,1-4H3,(H,29,32)/t17-,20-,21?,22+/m1/s1. The highest BCUT2D eigenvalue weighted by Gasteiger charge is 2.42. The lowest BCUT2D eigenvalue weighted by atomic mass is 9.77. The number of amides is 2. The highest BCUT2D eigenvalue weighted by molar-refractivity contribution is 5.98. The first-order valence-corrected chi connectivity index (χ1v) is 12.0. The van der Waals surface area contributed by atoms with E-state index in [1.54, 1.807) is 0 Å². The van der Waals surface area contributed by atoms with Gasteiger partial charge in [0.2, 0.25) is 5.91 Å². The molecule has 5 nitrogen and oxygen atoms in total. The molecule has 0 bridgehead atoms. The third-order valence-corrected chi connectivity index (χ3v) is 7.36. The van der Waals surface area contributed by atoms with Gasteiger partial charge in [-0.3, -0.25) is 9.59 Å². The van der Waals surface area contributed by atoms with Gasteiger partial charge >= 0.3 is 6.18 Å². The summed E-state index contributed by atoms with van der Waals surface area (Å²) in [7, 11) is 2.17. The second-order valence-corrected chi connectivity index (χ2v) is 9.77. The van der Waals surface area contributed by atoms with Gasteiger partial charge in [-0.05, 0) is 77.1 Å². The molecule has 1 saturated heterocycles. The van der Waals surface area contributed by atoms with Crippen LogP contribution in [0.15, 0.2) is 24.3 Å². The molecule has 2 aliphatic rings. The van der Waals surface area contributed by atoms with E-state index in [2.05, 4.69) is 38.0 Å². The first kappa shape index (κ1) is 25.5. The van der Waals surface area contributed by atoms with Crippen molar-refractivity contribution < 1.29 is 22.8 Å². The molecule has 1 aromatic rings. The Balaban J connectivity index is 1.66. The molecule has 4 atom stereocenters. The highest BCUT2D eigenvalue weighted by Crippen LogP contribution is 2.36. The number of nitrogens with one attached hydrogen (secondary N) is 1. The fraction of sp³-hybridized carbons (Fsp3) is 0.680. The van der Waals surface area contributed by atoms with E-state index in [9.17, 15) is 22.8 Å². The van der Waals surface area contributed by atoms with Crippen molar-refractivity contribution in [2.45, 2.75) is 89.6 Å². The van der Waals surface area contributed by atoms with Crippen molar-refractivity contribution >= 4 is 11.8 Å². The normalized spacial score (nSPS) is 26.3. The molecule has 2 fully saturated rings. The number of benzene rings is 1. The average molecular weight is 468 g/mol. The van der Waals surface area contributed by atoms with Gasteiger partial charge in [-0.1, -0.05) is 19.4 Å². The molecule has 0 aromatic heterocycles. The quantitative estimate of drug-likeness (QED) is 0.632. The summed E-state index contributed by atoms with van der Waals surface area (Å²) in [4.78, 5) is 30.1. The van der Waals surface area contributed by atoms with E-state index in [0.717, 1.165) is 44.2 Å². The first-order valence-electron chi connectivity index (χ1n) is 12.0. The van der Waals surface area contributed by atoms with Crippen molar-refractivity contribution in [3.05, 3.63) is 35.4 Å². The van der Waals surface area contributed by atoms with Crippen molar-refractivity contribution in [3.8, 4) is 0 Å². The maximum absolute atomic E-state index is 13.2.